The summed E-state index contributed by atoms with van der Waals surface area (Å²) >= 11 is 0. The fourth-order valence-corrected chi connectivity index (χ4v) is 4.45. The number of hydrogen-bond donors (Lipinski definition) is 1. The van der Waals surface area contributed by atoms with Crippen LogP contribution >= 0.6 is 0 Å². The van der Waals surface area contributed by atoms with Crippen molar-refractivity contribution < 1.29 is 19.4 Å². The summed E-state index contributed by atoms with van der Waals surface area (Å²) in [5.41, 5.74) is 1.35. The largest absolute Gasteiger partial charge is 0.458 e. The van der Waals surface area contributed by atoms with Crippen LogP contribution in [0.4, 0.5) is 0 Å². The van der Waals surface area contributed by atoms with Gasteiger partial charge >= 0.3 is 5.97 Å². The Bertz CT molecular complexity index is 510. The average Bonchev–Trinajstić information content (AvgIpc) is 3.12. The first-order chi connectivity index (χ1) is 8.93. The number of rotatable bonds is 0. The molecular weight excluding hydrogens is 244 g/mol. The van der Waals surface area contributed by atoms with E-state index in [4.69, 9.17) is 9.47 Å². The highest BCUT2D eigenvalue weighted by molar-refractivity contribution is 5.90. The molecule has 0 amide bonds. The number of aliphatic hydroxyl groups is 1. The fraction of sp³-hybridized carbons (Fsp3) is 0.667. The van der Waals surface area contributed by atoms with Crippen molar-refractivity contribution in [3.8, 4) is 0 Å². The standard InChI is InChI=1S/C15H18O4/c1-6-8-4-9-7(2)11(16)12-13(19-12)15(9,3)5-10(8)18-14(6)17/h8-13,16H,1-2,4-5H2,3H3/t8-,9+,10-,11+,12+,13+,15-/m1/s1. The number of aliphatic hydroxyl groups excluding tert-OH is 1. The van der Waals surface area contributed by atoms with Gasteiger partial charge < -0.3 is 14.6 Å². The van der Waals surface area contributed by atoms with Gasteiger partial charge in [0, 0.05) is 16.9 Å². The van der Waals surface area contributed by atoms with Crippen LogP contribution in [0.25, 0.3) is 0 Å². The topological polar surface area (TPSA) is 59.1 Å². The number of esters is 1. The normalized spacial score (nSPS) is 55.2. The zero-order valence-electron chi connectivity index (χ0n) is 11.0. The Kier molecular flexibility index (Phi) is 2.03. The van der Waals surface area contributed by atoms with Crippen LogP contribution < -0.4 is 0 Å². The van der Waals surface area contributed by atoms with Crippen molar-refractivity contribution in [2.45, 2.75) is 44.2 Å². The van der Waals surface area contributed by atoms with Crippen molar-refractivity contribution >= 4 is 5.97 Å². The second-order valence-electron chi connectivity index (χ2n) is 6.61. The van der Waals surface area contributed by atoms with Gasteiger partial charge in [-0.1, -0.05) is 20.1 Å². The maximum atomic E-state index is 11.7. The molecule has 0 aromatic rings. The van der Waals surface area contributed by atoms with E-state index in [0.717, 1.165) is 18.4 Å². The maximum absolute atomic E-state index is 11.7. The van der Waals surface area contributed by atoms with Gasteiger partial charge in [0.2, 0.25) is 0 Å². The molecule has 1 N–H and O–H groups in total. The molecule has 0 aromatic carbocycles. The smallest absolute Gasteiger partial charge is 0.334 e. The predicted octanol–water partition coefficient (Wildman–Crippen LogP) is 1.20. The minimum absolute atomic E-state index is 0.0739. The lowest BCUT2D eigenvalue weighted by atomic mass is 9.55. The number of fused-ring (bicyclic) bond motifs is 4. The summed E-state index contributed by atoms with van der Waals surface area (Å²) in [4.78, 5) is 11.7. The van der Waals surface area contributed by atoms with Gasteiger partial charge in [-0.15, -0.1) is 0 Å². The van der Waals surface area contributed by atoms with E-state index in [1.54, 1.807) is 0 Å². The molecule has 0 aromatic heterocycles. The Morgan fingerprint density at radius 1 is 1.42 bits per heavy atom. The van der Waals surface area contributed by atoms with E-state index in [2.05, 4.69) is 20.1 Å². The minimum Gasteiger partial charge on any atom is -0.458 e. The van der Waals surface area contributed by atoms with Crippen LogP contribution in [0.2, 0.25) is 0 Å². The van der Waals surface area contributed by atoms with Gasteiger partial charge in [-0.05, 0) is 24.3 Å². The van der Waals surface area contributed by atoms with Crippen molar-refractivity contribution in [2.75, 3.05) is 0 Å². The highest BCUT2D eigenvalue weighted by Gasteiger charge is 2.67. The summed E-state index contributed by atoms with van der Waals surface area (Å²) in [5, 5.41) is 10.2. The summed E-state index contributed by atoms with van der Waals surface area (Å²) in [6.07, 6.45) is 0.894. The zero-order chi connectivity index (χ0) is 13.5. The molecule has 19 heavy (non-hydrogen) atoms. The zero-order valence-corrected chi connectivity index (χ0v) is 11.0. The Hall–Kier alpha value is -1.13. The number of carbonyl (C=O) groups excluding carboxylic acids is 1. The van der Waals surface area contributed by atoms with E-state index < -0.39 is 6.10 Å². The summed E-state index contributed by atoms with van der Waals surface area (Å²) in [7, 11) is 0. The van der Waals surface area contributed by atoms with Gasteiger partial charge in [-0.2, -0.15) is 0 Å². The molecule has 7 atom stereocenters. The van der Waals surface area contributed by atoms with Gasteiger partial charge in [0.05, 0.1) is 6.10 Å². The van der Waals surface area contributed by atoms with Gasteiger partial charge in [-0.25, -0.2) is 4.79 Å². The molecule has 4 fully saturated rings. The highest BCUT2D eigenvalue weighted by atomic mass is 16.6. The predicted molar refractivity (Wildman–Crippen MR) is 67.1 cm³/mol. The lowest BCUT2D eigenvalue weighted by Crippen LogP contribution is -2.51. The first-order valence-electron chi connectivity index (χ1n) is 6.85. The summed E-state index contributed by atoms with van der Waals surface area (Å²) in [5.74, 6) is -0.0137. The van der Waals surface area contributed by atoms with Crippen molar-refractivity contribution in [1.82, 2.24) is 0 Å². The van der Waals surface area contributed by atoms with Crippen LogP contribution in [0.5, 0.6) is 0 Å². The molecular formula is C15H18O4. The van der Waals surface area contributed by atoms with Crippen LogP contribution in [-0.4, -0.2) is 35.5 Å². The Morgan fingerprint density at radius 2 is 2.16 bits per heavy atom. The second-order valence-corrected chi connectivity index (χ2v) is 6.61. The molecule has 4 aliphatic rings. The second kappa shape index (κ2) is 3.30. The van der Waals surface area contributed by atoms with Crippen LogP contribution in [-0.2, 0) is 14.3 Å². The molecule has 4 nitrogen and oxygen atoms in total. The summed E-state index contributed by atoms with van der Waals surface area (Å²) in [6.45, 7) is 10.1. The van der Waals surface area contributed by atoms with Gasteiger partial charge in [-0.3, -0.25) is 0 Å². The van der Waals surface area contributed by atoms with E-state index >= 15 is 0 Å². The van der Waals surface area contributed by atoms with E-state index in [0.29, 0.717) is 5.57 Å². The van der Waals surface area contributed by atoms with Crippen LogP contribution in [0, 0.1) is 17.3 Å². The van der Waals surface area contributed by atoms with Gasteiger partial charge in [0.25, 0.3) is 0 Å². The molecule has 4 rings (SSSR count). The molecule has 2 saturated carbocycles. The molecule has 2 saturated heterocycles. The molecule has 0 bridgehead atoms. The molecule has 4 heteroatoms. The quantitative estimate of drug-likeness (QED) is 0.308. The highest BCUT2D eigenvalue weighted by Crippen LogP contribution is 2.62. The van der Waals surface area contributed by atoms with E-state index in [1.807, 2.05) is 0 Å². The first kappa shape index (κ1) is 11.7. The third kappa shape index (κ3) is 1.29. The monoisotopic (exact) mass is 262 g/mol. The Balaban J connectivity index is 1.71. The number of hydrogen-bond acceptors (Lipinski definition) is 4. The minimum atomic E-state index is -0.564. The van der Waals surface area contributed by atoms with Gasteiger partial charge in [0.1, 0.15) is 18.3 Å². The summed E-state index contributed by atoms with van der Waals surface area (Å²) in [6, 6.07) is 0. The SMILES string of the molecule is C=C1C(=O)O[C@@H]2C[C@]3(C)[C@@H](C[C@H]12)C(=C)[C@H](O)[C@@H]1O[C@@H]13. The van der Waals surface area contributed by atoms with Crippen molar-refractivity contribution in [2.24, 2.45) is 17.3 Å². The van der Waals surface area contributed by atoms with Crippen LogP contribution in [0.3, 0.4) is 0 Å². The van der Waals surface area contributed by atoms with Crippen molar-refractivity contribution in [3.63, 3.8) is 0 Å². The Labute approximate surface area is 112 Å². The maximum Gasteiger partial charge on any atom is 0.334 e. The van der Waals surface area contributed by atoms with Crippen molar-refractivity contribution in [1.29, 1.82) is 0 Å². The third-order valence-electron chi connectivity index (χ3n) is 5.66. The number of ether oxygens (including phenoxy) is 2. The molecule has 0 unspecified atom stereocenters. The number of carbonyl (C=O) groups is 1. The van der Waals surface area contributed by atoms with Crippen LogP contribution in [0.1, 0.15) is 19.8 Å². The van der Waals surface area contributed by atoms with E-state index in [9.17, 15) is 9.90 Å². The average molecular weight is 262 g/mol. The van der Waals surface area contributed by atoms with E-state index in [-0.39, 0.29) is 41.5 Å². The molecule has 2 aliphatic carbocycles. The molecule has 0 spiro atoms. The third-order valence-corrected chi connectivity index (χ3v) is 5.66. The fourth-order valence-electron chi connectivity index (χ4n) is 4.45. The molecule has 2 heterocycles. The first-order valence-corrected chi connectivity index (χ1v) is 6.85. The molecule has 102 valence electrons. The van der Waals surface area contributed by atoms with E-state index in [1.165, 1.54) is 0 Å². The Morgan fingerprint density at radius 3 is 2.89 bits per heavy atom. The van der Waals surface area contributed by atoms with Gasteiger partial charge in [0.15, 0.2) is 0 Å². The molecule has 2 aliphatic heterocycles. The molecule has 0 radical (unpaired) electrons. The van der Waals surface area contributed by atoms with Crippen molar-refractivity contribution in [3.05, 3.63) is 24.3 Å². The number of epoxide rings is 1. The lowest BCUT2D eigenvalue weighted by Gasteiger charge is -2.48. The summed E-state index contributed by atoms with van der Waals surface area (Å²) < 4.78 is 11.1. The van der Waals surface area contributed by atoms with Crippen LogP contribution in [0.15, 0.2) is 24.3 Å². The lowest BCUT2D eigenvalue weighted by molar-refractivity contribution is -0.142.